The molecule has 1 fully saturated rings. The molecule has 156 valence electrons. The monoisotopic (exact) mass is 407 g/mol. The van der Waals surface area contributed by atoms with E-state index >= 15 is 0 Å². The summed E-state index contributed by atoms with van der Waals surface area (Å²) in [5.41, 5.74) is 3.77. The summed E-state index contributed by atoms with van der Waals surface area (Å²) in [6.45, 7) is 8.32. The van der Waals surface area contributed by atoms with Crippen LogP contribution in [-0.4, -0.2) is 57.9 Å². The van der Waals surface area contributed by atoms with Crippen molar-refractivity contribution < 1.29 is 9.18 Å². The van der Waals surface area contributed by atoms with Gasteiger partial charge >= 0.3 is 0 Å². The van der Waals surface area contributed by atoms with E-state index in [9.17, 15) is 9.18 Å². The van der Waals surface area contributed by atoms with Crippen molar-refractivity contribution >= 4 is 11.6 Å². The largest absolute Gasteiger partial charge is 0.353 e. The van der Waals surface area contributed by atoms with Gasteiger partial charge in [-0.15, -0.1) is 0 Å². The first-order chi connectivity index (χ1) is 14.5. The zero-order valence-electron chi connectivity index (χ0n) is 17.4. The highest BCUT2D eigenvalue weighted by atomic mass is 19.1. The summed E-state index contributed by atoms with van der Waals surface area (Å²) in [6, 6.07) is 8.47. The molecule has 0 radical (unpaired) electrons. The number of benzene rings is 1. The van der Waals surface area contributed by atoms with Crippen LogP contribution in [0.15, 0.2) is 48.9 Å². The fourth-order valence-electron chi connectivity index (χ4n) is 3.98. The number of Topliss-reactive ketones (excluding diaryl/α,β-unsaturated/α-hetero) is 1. The molecule has 0 aliphatic carbocycles. The van der Waals surface area contributed by atoms with E-state index in [4.69, 9.17) is 0 Å². The van der Waals surface area contributed by atoms with E-state index in [1.807, 2.05) is 19.9 Å². The summed E-state index contributed by atoms with van der Waals surface area (Å²) in [4.78, 5) is 25.9. The molecule has 2 aromatic heterocycles. The molecule has 30 heavy (non-hydrogen) atoms. The van der Waals surface area contributed by atoms with Gasteiger partial charge in [-0.2, -0.15) is 0 Å². The van der Waals surface area contributed by atoms with Crippen molar-refractivity contribution in [2.75, 3.05) is 37.6 Å². The Labute approximate surface area is 176 Å². The van der Waals surface area contributed by atoms with E-state index in [0.29, 0.717) is 13.1 Å². The van der Waals surface area contributed by atoms with Gasteiger partial charge in [-0.1, -0.05) is 12.1 Å². The summed E-state index contributed by atoms with van der Waals surface area (Å²) < 4.78 is 15.3. The smallest absolute Gasteiger partial charge is 0.178 e. The van der Waals surface area contributed by atoms with Crippen molar-refractivity contribution in [1.82, 2.24) is 19.4 Å². The molecule has 1 aliphatic rings. The van der Waals surface area contributed by atoms with Gasteiger partial charge in [-0.25, -0.2) is 9.37 Å². The summed E-state index contributed by atoms with van der Waals surface area (Å²) >= 11 is 0. The van der Waals surface area contributed by atoms with Gasteiger partial charge in [0, 0.05) is 62.1 Å². The molecule has 1 aliphatic heterocycles. The molecule has 0 saturated carbocycles. The van der Waals surface area contributed by atoms with Crippen LogP contribution in [-0.2, 0) is 6.54 Å². The molecular weight excluding hydrogens is 381 g/mol. The van der Waals surface area contributed by atoms with Gasteiger partial charge in [0.1, 0.15) is 11.6 Å². The van der Waals surface area contributed by atoms with Crippen LogP contribution in [0.3, 0.4) is 0 Å². The number of carbonyl (C=O) groups excluding carboxylic acids is 1. The first-order valence-corrected chi connectivity index (χ1v) is 10.2. The molecule has 1 saturated heterocycles. The van der Waals surface area contributed by atoms with Crippen LogP contribution in [0.2, 0.25) is 0 Å². The average Bonchev–Trinajstić information content (AvgIpc) is 3.05. The number of ketones is 1. The maximum atomic E-state index is 13.2. The predicted molar refractivity (Wildman–Crippen MR) is 114 cm³/mol. The minimum Gasteiger partial charge on any atom is -0.353 e. The summed E-state index contributed by atoms with van der Waals surface area (Å²) in [5, 5.41) is 0. The van der Waals surface area contributed by atoms with Gasteiger partial charge in [-0.05, 0) is 37.6 Å². The lowest BCUT2D eigenvalue weighted by Gasteiger charge is -2.34. The van der Waals surface area contributed by atoms with E-state index in [2.05, 4.69) is 24.3 Å². The quantitative estimate of drug-likeness (QED) is 0.588. The predicted octanol–water partition coefficient (Wildman–Crippen LogP) is 3.09. The number of rotatable bonds is 6. The maximum absolute atomic E-state index is 13.2. The third-order valence-electron chi connectivity index (χ3n) is 5.74. The Hall–Kier alpha value is -3.06. The van der Waals surface area contributed by atoms with Crippen LogP contribution in [0.5, 0.6) is 0 Å². The first-order valence-electron chi connectivity index (χ1n) is 10.2. The molecule has 3 heterocycles. The minimum atomic E-state index is -0.241. The second-order valence-electron chi connectivity index (χ2n) is 7.75. The van der Waals surface area contributed by atoms with Crippen molar-refractivity contribution in [1.29, 1.82) is 0 Å². The number of anilines is 1. The van der Waals surface area contributed by atoms with Crippen LogP contribution in [0, 0.1) is 19.7 Å². The fraction of sp³-hybridized carbons (Fsp3) is 0.348. The zero-order valence-corrected chi connectivity index (χ0v) is 17.4. The van der Waals surface area contributed by atoms with Gasteiger partial charge in [-0.3, -0.25) is 14.7 Å². The molecule has 0 atom stereocenters. The number of hydrogen-bond acceptors (Lipinski definition) is 5. The molecule has 0 spiro atoms. The van der Waals surface area contributed by atoms with Gasteiger partial charge < -0.3 is 9.47 Å². The SMILES string of the molecule is Cc1cc(C(=O)CN2CCN(c3cnccn3)CC2)c(C)n1Cc1ccc(F)cc1. The van der Waals surface area contributed by atoms with Crippen LogP contribution in [0.1, 0.15) is 27.3 Å². The molecule has 6 nitrogen and oxygen atoms in total. The third kappa shape index (κ3) is 4.41. The molecule has 7 heteroatoms. The number of piperazine rings is 1. The van der Waals surface area contributed by atoms with Gasteiger partial charge in [0.2, 0.25) is 0 Å². The van der Waals surface area contributed by atoms with E-state index in [-0.39, 0.29) is 11.6 Å². The Morgan fingerprint density at radius 1 is 1.07 bits per heavy atom. The molecule has 4 rings (SSSR count). The summed E-state index contributed by atoms with van der Waals surface area (Å²) in [6.07, 6.45) is 5.15. The fourth-order valence-corrected chi connectivity index (χ4v) is 3.98. The van der Waals surface area contributed by atoms with Crippen molar-refractivity contribution in [3.05, 3.63) is 77.3 Å². The molecule has 0 unspecified atom stereocenters. The molecule has 0 N–H and O–H groups in total. The number of aromatic nitrogens is 3. The third-order valence-corrected chi connectivity index (χ3v) is 5.74. The van der Waals surface area contributed by atoms with Crippen molar-refractivity contribution in [2.24, 2.45) is 0 Å². The lowest BCUT2D eigenvalue weighted by molar-refractivity contribution is 0.0925. The summed E-state index contributed by atoms with van der Waals surface area (Å²) in [7, 11) is 0. The average molecular weight is 407 g/mol. The maximum Gasteiger partial charge on any atom is 0.178 e. The number of carbonyl (C=O) groups is 1. The summed E-state index contributed by atoms with van der Waals surface area (Å²) in [5.74, 6) is 0.782. The topological polar surface area (TPSA) is 54.3 Å². The molecular formula is C23H26FN5O. The van der Waals surface area contributed by atoms with Crippen LogP contribution in [0.4, 0.5) is 10.2 Å². The molecule has 1 aromatic carbocycles. The van der Waals surface area contributed by atoms with Crippen molar-refractivity contribution in [3.63, 3.8) is 0 Å². The Kier molecular flexibility index (Phi) is 5.90. The highest BCUT2D eigenvalue weighted by molar-refractivity contribution is 5.99. The molecule has 3 aromatic rings. The van der Waals surface area contributed by atoms with Gasteiger partial charge in [0.15, 0.2) is 5.78 Å². The lowest BCUT2D eigenvalue weighted by atomic mass is 10.1. The van der Waals surface area contributed by atoms with Crippen LogP contribution < -0.4 is 4.90 Å². The Morgan fingerprint density at radius 2 is 1.80 bits per heavy atom. The Morgan fingerprint density at radius 3 is 2.47 bits per heavy atom. The second kappa shape index (κ2) is 8.75. The number of halogens is 1. The van der Waals surface area contributed by atoms with Gasteiger partial charge in [0.05, 0.1) is 12.7 Å². The van der Waals surface area contributed by atoms with Crippen LogP contribution in [0.25, 0.3) is 0 Å². The molecule has 0 bridgehead atoms. The van der Waals surface area contributed by atoms with Gasteiger partial charge in [0.25, 0.3) is 0 Å². The van der Waals surface area contributed by atoms with Crippen molar-refractivity contribution in [3.8, 4) is 0 Å². The Bertz CT molecular complexity index is 1010. The standard InChI is InChI=1S/C23H26FN5O/c1-17-13-21(18(2)29(17)15-19-3-5-20(24)6-4-19)22(30)16-27-9-11-28(12-10-27)23-14-25-7-8-26-23/h3-8,13-14H,9-12,15-16H2,1-2H3. The second-order valence-corrected chi connectivity index (χ2v) is 7.75. The van der Waals surface area contributed by atoms with E-state index in [1.54, 1.807) is 30.7 Å². The zero-order chi connectivity index (χ0) is 21.1. The molecule has 0 amide bonds. The normalized spacial score (nSPS) is 14.8. The number of aryl methyl sites for hydroxylation is 1. The number of hydrogen-bond donors (Lipinski definition) is 0. The van der Waals surface area contributed by atoms with Crippen molar-refractivity contribution in [2.45, 2.75) is 20.4 Å². The minimum absolute atomic E-state index is 0.140. The Balaban J connectivity index is 1.39. The number of nitrogens with zero attached hydrogens (tertiary/aromatic N) is 5. The van der Waals surface area contributed by atoms with E-state index < -0.39 is 0 Å². The lowest BCUT2D eigenvalue weighted by Crippen LogP contribution is -2.48. The van der Waals surface area contributed by atoms with E-state index in [0.717, 1.165) is 54.5 Å². The highest BCUT2D eigenvalue weighted by Gasteiger charge is 2.22. The first kappa shape index (κ1) is 20.2. The van der Waals surface area contributed by atoms with Crippen LogP contribution >= 0.6 is 0 Å². The highest BCUT2D eigenvalue weighted by Crippen LogP contribution is 2.19. The van der Waals surface area contributed by atoms with E-state index in [1.165, 1.54) is 12.1 Å².